The van der Waals surface area contributed by atoms with Crippen LogP contribution in [-0.2, 0) is 0 Å². The van der Waals surface area contributed by atoms with Crippen LogP contribution in [-0.4, -0.2) is 9.97 Å². The summed E-state index contributed by atoms with van der Waals surface area (Å²) in [6.07, 6.45) is 4.71. The molecule has 0 aliphatic heterocycles. The fraction of sp³-hybridized carbons (Fsp3) is 0.462. The van der Waals surface area contributed by atoms with Gasteiger partial charge in [0.15, 0.2) is 0 Å². The summed E-state index contributed by atoms with van der Waals surface area (Å²) >= 11 is 1.85. The first kappa shape index (κ1) is 12.3. The van der Waals surface area contributed by atoms with E-state index in [9.17, 15) is 0 Å². The normalized spacial score (nSPS) is 14.8. The molecule has 0 fully saturated rings. The first-order valence-corrected chi connectivity index (χ1v) is 6.84. The summed E-state index contributed by atoms with van der Waals surface area (Å²) in [5.74, 6) is 1.02. The molecule has 0 spiro atoms. The van der Waals surface area contributed by atoms with Crippen LogP contribution in [0.4, 0.5) is 0 Å². The minimum Gasteiger partial charge on any atom is -0.347 e. The van der Waals surface area contributed by atoms with Crippen molar-refractivity contribution in [3.05, 3.63) is 40.1 Å². The van der Waals surface area contributed by atoms with Crippen molar-refractivity contribution in [2.24, 2.45) is 0 Å². The number of H-pyrrole nitrogens is 1. The molecule has 2 unspecified atom stereocenters. The SMILES string of the molecule is CCC(NC(C)c1ccc(C)s1)c1ncc[nH]1. The lowest BCUT2D eigenvalue weighted by Crippen LogP contribution is -2.24. The molecule has 2 aromatic rings. The van der Waals surface area contributed by atoms with Crippen molar-refractivity contribution in [1.82, 2.24) is 15.3 Å². The van der Waals surface area contributed by atoms with Gasteiger partial charge in [-0.05, 0) is 32.4 Å². The highest BCUT2D eigenvalue weighted by Crippen LogP contribution is 2.25. The Morgan fingerprint density at radius 2 is 2.29 bits per heavy atom. The molecule has 4 heteroatoms. The van der Waals surface area contributed by atoms with Crippen molar-refractivity contribution in [2.45, 2.75) is 39.3 Å². The molecular formula is C13H19N3S. The van der Waals surface area contributed by atoms with E-state index in [1.807, 2.05) is 17.5 Å². The minimum absolute atomic E-state index is 0.294. The number of aromatic amines is 1. The van der Waals surface area contributed by atoms with Crippen molar-refractivity contribution >= 4 is 11.3 Å². The smallest absolute Gasteiger partial charge is 0.123 e. The average Bonchev–Trinajstić information content (AvgIpc) is 2.96. The van der Waals surface area contributed by atoms with Crippen molar-refractivity contribution in [3.63, 3.8) is 0 Å². The Balaban J connectivity index is 2.04. The zero-order chi connectivity index (χ0) is 12.3. The Hall–Kier alpha value is -1.13. The summed E-state index contributed by atoms with van der Waals surface area (Å²) in [5.41, 5.74) is 0. The molecule has 2 atom stereocenters. The summed E-state index contributed by atoms with van der Waals surface area (Å²) in [6.45, 7) is 6.52. The van der Waals surface area contributed by atoms with Crippen molar-refractivity contribution in [2.75, 3.05) is 0 Å². The van der Waals surface area contributed by atoms with Crippen LogP contribution in [0, 0.1) is 6.92 Å². The largest absolute Gasteiger partial charge is 0.347 e. The number of thiophene rings is 1. The van der Waals surface area contributed by atoms with E-state index in [-0.39, 0.29) is 0 Å². The lowest BCUT2D eigenvalue weighted by molar-refractivity contribution is 0.445. The third-order valence-corrected chi connectivity index (χ3v) is 4.08. The molecule has 0 bridgehead atoms. The van der Waals surface area contributed by atoms with Crippen LogP contribution >= 0.6 is 11.3 Å². The van der Waals surface area contributed by atoms with Gasteiger partial charge in [-0.3, -0.25) is 5.32 Å². The van der Waals surface area contributed by atoms with Gasteiger partial charge in [0, 0.05) is 28.2 Å². The summed E-state index contributed by atoms with van der Waals surface area (Å²) < 4.78 is 0. The lowest BCUT2D eigenvalue weighted by atomic mass is 10.1. The number of hydrogen-bond donors (Lipinski definition) is 2. The van der Waals surface area contributed by atoms with Gasteiger partial charge >= 0.3 is 0 Å². The van der Waals surface area contributed by atoms with E-state index in [4.69, 9.17) is 0 Å². The van der Waals surface area contributed by atoms with Crippen LogP contribution in [0.15, 0.2) is 24.5 Å². The molecular weight excluding hydrogens is 230 g/mol. The molecule has 0 aliphatic carbocycles. The van der Waals surface area contributed by atoms with Crippen molar-refractivity contribution in [1.29, 1.82) is 0 Å². The van der Waals surface area contributed by atoms with Crippen LogP contribution in [0.25, 0.3) is 0 Å². The molecule has 3 nitrogen and oxygen atoms in total. The van der Waals surface area contributed by atoms with Gasteiger partial charge in [-0.2, -0.15) is 0 Å². The Morgan fingerprint density at radius 1 is 1.47 bits per heavy atom. The number of hydrogen-bond acceptors (Lipinski definition) is 3. The molecule has 2 N–H and O–H groups in total. The van der Waals surface area contributed by atoms with E-state index in [1.54, 1.807) is 6.20 Å². The fourth-order valence-corrected chi connectivity index (χ4v) is 2.82. The van der Waals surface area contributed by atoms with Gasteiger partial charge in [0.2, 0.25) is 0 Å². The summed E-state index contributed by atoms with van der Waals surface area (Å²) in [4.78, 5) is 10.2. The van der Waals surface area contributed by atoms with E-state index in [1.165, 1.54) is 9.75 Å². The molecule has 92 valence electrons. The highest BCUT2D eigenvalue weighted by atomic mass is 32.1. The number of nitrogens with one attached hydrogen (secondary N) is 2. The Bertz CT molecular complexity index is 447. The highest BCUT2D eigenvalue weighted by Gasteiger charge is 2.16. The predicted molar refractivity (Wildman–Crippen MR) is 72.2 cm³/mol. The van der Waals surface area contributed by atoms with E-state index < -0.39 is 0 Å². The second-order valence-corrected chi connectivity index (χ2v) is 5.59. The molecule has 2 aromatic heterocycles. The van der Waals surface area contributed by atoms with Gasteiger partial charge in [0.25, 0.3) is 0 Å². The maximum atomic E-state index is 4.32. The van der Waals surface area contributed by atoms with Gasteiger partial charge in [-0.25, -0.2) is 4.98 Å². The number of imidazole rings is 1. The Morgan fingerprint density at radius 3 is 2.82 bits per heavy atom. The summed E-state index contributed by atoms with van der Waals surface area (Å²) in [7, 11) is 0. The number of aromatic nitrogens is 2. The number of nitrogens with zero attached hydrogens (tertiary/aromatic N) is 1. The third-order valence-electron chi connectivity index (χ3n) is 2.90. The first-order chi connectivity index (χ1) is 8.20. The molecule has 0 saturated heterocycles. The van der Waals surface area contributed by atoms with Crippen LogP contribution in [0.3, 0.4) is 0 Å². The molecule has 0 aliphatic rings. The maximum absolute atomic E-state index is 4.32. The maximum Gasteiger partial charge on any atom is 0.123 e. The molecule has 0 saturated carbocycles. The zero-order valence-corrected chi connectivity index (χ0v) is 11.3. The number of aryl methyl sites for hydroxylation is 1. The lowest BCUT2D eigenvalue weighted by Gasteiger charge is -2.19. The second kappa shape index (κ2) is 5.47. The van der Waals surface area contributed by atoms with Gasteiger partial charge < -0.3 is 4.98 Å². The monoisotopic (exact) mass is 249 g/mol. The molecule has 2 heterocycles. The quantitative estimate of drug-likeness (QED) is 0.850. The predicted octanol–water partition coefficient (Wildman–Crippen LogP) is 3.58. The third kappa shape index (κ3) is 2.96. The summed E-state index contributed by atoms with van der Waals surface area (Å²) in [6, 6.07) is 5.03. The second-order valence-electron chi connectivity index (χ2n) is 4.27. The van der Waals surface area contributed by atoms with E-state index in [2.05, 4.69) is 48.2 Å². The van der Waals surface area contributed by atoms with Crippen LogP contribution in [0.1, 0.15) is 47.9 Å². The van der Waals surface area contributed by atoms with E-state index in [0.29, 0.717) is 12.1 Å². The van der Waals surface area contributed by atoms with Gasteiger partial charge in [-0.15, -0.1) is 11.3 Å². The van der Waals surface area contributed by atoms with Crippen LogP contribution in [0.2, 0.25) is 0 Å². The van der Waals surface area contributed by atoms with E-state index in [0.717, 1.165) is 12.2 Å². The van der Waals surface area contributed by atoms with E-state index >= 15 is 0 Å². The molecule has 17 heavy (non-hydrogen) atoms. The van der Waals surface area contributed by atoms with Gasteiger partial charge in [-0.1, -0.05) is 6.92 Å². The van der Waals surface area contributed by atoms with Gasteiger partial charge in [0.1, 0.15) is 5.82 Å². The molecule has 2 rings (SSSR count). The minimum atomic E-state index is 0.294. The van der Waals surface area contributed by atoms with Gasteiger partial charge in [0.05, 0.1) is 6.04 Å². The fourth-order valence-electron chi connectivity index (χ4n) is 1.93. The topological polar surface area (TPSA) is 40.7 Å². The van der Waals surface area contributed by atoms with Crippen LogP contribution in [0.5, 0.6) is 0 Å². The number of rotatable bonds is 5. The zero-order valence-electron chi connectivity index (χ0n) is 10.5. The summed E-state index contributed by atoms with van der Waals surface area (Å²) in [5, 5.41) is 3.62. The molecule has 0 amide bonds. The first-order valence-electron chi connectivity index (χ1n) is 6.02. The standard InChI is InChI=1S/C13H19N3S/c1-4-11(13-14-7-8-15-13)16-10(3)12-6-5-9(2)17-12/h5-8,10-11,16H,4H2,1-3H3,(H,14,15). The van der Waals surface area contributed by atoms with Crippen molar-refractivity contribution < 1.29 is 0 Å². The molecule has 0 radical (unpaired) electrons. The highest BCUT2D eigenvalue weighted by molar-refractivity contribution is 7.12. The van der Waals surface area contributed by atoms with Crippen molar-refractivity contribution in [3.8, 4) is 0 Å². The Labute approximate surface area is 106 Å². The Kier molecular flexibility index (Phi) is 3.97. The van der Waals surface area contributed by atoms with Crippen LogP contribution < -0.4 is 5.32 Å². The molecule has 0 aromatic carbocycles. The average molecular weight is 249 g/mol.